The minimum absolute atomic E-state index is 0.250. The fourth-order valence-corrected chi connectivity index (χ4v) is 3.21. The van der Waals surface area contributed by atoms with Crippen LogP contribution >= 0.6 is 0 Å². The van der Waals surface area contributed by atoms with Gasteiger partial charge in [0.1, 0.15) is 13.1 Å². The highest BCUT2D eigenvalue weighted by molar-refractivity contribution is 5.78. The average molecular weight is 290 g/mol. The van der Waals surface area contributed by atoms with E-state index in [-0.39, 0.29) is 17.3 Å². The van der Waals surface area contributed by atoms with E-state index in [1.54, 1.807) is 9.13 Å². The lowest BCUT2D eigenvalue weighted by Gasteiger charge is -2.18. The van der Waals surface area contributed by atoms with Crippen LogP contribution in [0.15, 0.2) is 24.5 Å². The van der Waals surface area contributed by atoms with Crippen molar-refractivity contribution in [1.82, 2.24) is 0 Å². The van der Waals surface area contributed by atoms with E-state index in [9.17, 15) is 8.78 Å². The third-order valence-corrected chi connectivity index (χ3v) is 4.54. The van der Waals surface area contributed by atoms with Gasteiger partial charge in [-0.05, 0) is 13.8 Å². The number of aryl methyl sites for hydroxylation is 2. The molecule has 21 heavy (non-hydrogen) atoms. The van der Waals surface area contributed by atoms with Gasteiger partial charge >= 0.3 is 11.9 Å². The minimum atomic E-state index is -0.285. The van der Waals surface area contributed by atoms with Gasteiger partial charge in [-0.25, -0.2) is 0 Å². The van der Waals surface area contributed by atoms with Crippen molar-refractivity contribution in [2.45, 2.75) is 46.2 Å². The van der Waals surface area contributed by atoms with Crippen molar-refractivity contribution in [3.8, 4) is 11.1 Å². The summed E-state index contributed by atoms with van der Waals surface area (Å²) in [4.78, 5) is 0. The van der Waals surface area contributed by atoms with E-state index in [1.807, 2.05) is 26.2 Å². The highest BCUT2D eigenvalue weighted by Crippen LogP contribution is 2.47. The highest BCUT2D eigenvalue weighted by Gasteiger charge is 2.41. The number of nitrogens with zero attached hydrogens (tertiary/aromatic N) is 2. The van der Waals surface area contributed by atoms with Crippen LogP contribution in [0.4, 0.5) is 8.78 Å². The van der Waals surface area contributed by atoms with Crippen LogP contribution in [0, 0.1) is 11.9 Å². The number of fused-ring (bicyclic) bond motifs is 3. The van der Waals surface area contributed by atoms with Crippen LogP contribution < -0.4 is 9.13 Å². The average Bonchev–Trinajstić information content (AvgIpc) is 2.65. The Morgan fingerprint density at radius 1 is 0.857 bits per heavy atom. The van der Waals surface area contributed by atoms with E-state index in [0.29, 0.717) is 13.1 Å². The predicted octanol–water partition coefficient (Wildman–Crippen LogP) is 2.89. The summed E-state index contributed by atoms with van der Waals surface area (Å²) < 4.78 is 31.4. The molecule has 2 aromatic rings. The van der Waals surface area contributed by atoms with E-state index < -0.39 is 0 Å². The van der Waals surface area contributed by atoms with E-state index in [2.05, 4.69) is 13.8 Å². The first kappa shape index (κ1) is 14.1. The zero-order chi connectivity index (χ0) is 15.4. The number of hydrogen-bond acceptors (Lipinski definition) is 0. The lowest BCUT2D eigenvalue weighted by molar-refractivity contribution is -0.721. The molecule has 0 bridgehead atoms. The molecule has 0 aliphatic heterocycles. The van der Waals surface area contributed by atoms with Gasteiger partial charge < -0.3 is 0 Å². The summed E-state index contributed by atoms with van der Waals surface area (Å²) in [6.45, 7) is 9.19. The third kappa shape index (κ3) is 1.88. The van der Waals surface area contributed by atoms with Crippen LogP contribution in [-0.4, -0.2) is 0 Å². The lowest BCUT2D eigenvalue weighted by atomic mass is 9.84. The molecule has 0 amide bonds. The molecule has 0 fully saturated rings. The van der Waals surface area contributed by atoms with Gasteiger partial charge in [0.15, 0.2) is 12.4 Å². The Bertz CT molecular complexity index is 675. The molecule has 0 N–H and O–H groups in total. The van der Waals surface area contributed by atoms with Crippen LogP contribution in [0.2, 0.25) is 0 Å². The summed E-state index contributed by atoms with van der Waals surface area (Å²) in [5, 5.41) is 0. The maximum Gasteiger partial charge on any atom is 0.360 e. The molecule has 0 saturated heterocycles. The largest absolute Gasteiger partial charge is 0.360 e. The molecule has 1 aliphatic carbocycles. The van der Waals surface area contributed by atoms with Gasteiger partial charge in [-0.2, -0.15) is 9.13 Å². The molecule has 0 saturated carbocycles. The van der Waals surface area contributed by atoms with Gasteiger partial charge in [-0.15, -0.1) is 8.78 Å². The fraction of sp³-hybridized carbons (Fsp3) is 0.412. The molecule has 110 valence electrons. The first-order valence-corrected chi connectivity index (χ1v) is 7.37. The summed E-state index contributed by atoms with van der Waals surface area (Å²) in [6, 6.07) is 3.06. The first-order chi connectivity index (χ1) is 9.90. The Morgan fingerprint density at radius 2 is 1.24 bits per heavy atom. The summed E-state index contributed by atoms with van der Waals surface area (Å²) in [6.07, 6.45) is 3.72. The van der Waals surface area contributed by atoms with Crippen LogP contribution in [0.1, 0.15) is 38.8 Å². The fourth-order valence-electron chi connectivity index (χ4n) is 3.21. The molecule has 2 heterocycles. The molecule has 0 radical (unpaired) electrons. The van der Waals surface area contributed by atoms with E-state index >= 15 is 0 Å². The van der Waals surface area contributed by atoms with Crippen molar-refractivity contribution in [2.75, 3.05) is 0 Å². The van der Waals surface area contributed by atoms with Crippen molar-refractivity contribution in [3.63, 3.8) is 0 Å². The molecule has 3 rings (SSSR count). The van der Waals surface area contributed by atoms with E-state index in [4.69, 9.17) is 0 Å². The monoisotopic (exact) mass is 290 g/mol. The van der Waals surface area contributed by atoms with Gasteiger partial charge in [-0.3, -0.25) is 0 Å². The molecule has 0 aromatic carbocycles. The highest BCUT2D eigenvalue weighted by atomic mass is 19.1. The van der Waals surface area contributed by atoms with Gasteiger partial charge in [-0.1, -0.05) is 13.8 Å². The SMILES string of the molecule is CC[n+]1cc2c(cc1F)-c1cc(F)[n+](CC)cc1C2(C)C. The van der Waals surface area contributed by atoms with Crippen molar-refractivity contribution < 1.29 is 17.9 Å². The summed E-state index contributed by atoms with van der Waals surface area (Å²) in [7, 11) is 0. The normalized spacial score (nSPS) is 15.0. The van der Waals surface area contributed by atoms with Crippen LogP contribution in [0.5, 0.6) is 0 Å². The number of aromatic nitrogens is 2. The molecule has 2 nitrogen and oxygen atoms in total. The van der Waals surface area contributed by atoms with Gasteiger partial charge in [0, 0.05) is 27.7 Å². The topological polar surface area (TPSA) is 7.76 Å². The van der Waals surface area contributed by atoms with Gasteiger partial charge in [0.2, 0.25) is 0 Å². The van der Waals surface area contributed by atoms with Crippen LogP contribution in [0.25, 0.3) is 11.1 Å². The molecule has 0 spiro atoms. The second-order valence-corrected chi connectivity index (χ2v) is 6.04. The van der Waals surface area contributed by atoms with Crippen LogP contribution in [-0.2, 0) is 18.5 Å². The Morgan fingerprint density at radius 3 is 1.57 bits per heavy atom. The zero-order valence-corrected chi connectivity index (χ0v) is 12.9. The maximum atomic E-state index is 14.1. The third-order valence-electron chi connectivity index (χ3n) is 4.54. The van der Waals surface area contributed by atoms with Crippen molar-refractivity contribution in [1.29, 1.82) is 0 Å². The second-order valence-electron chi connectivity index (χ2n) is 6.04. The lowest BCUT2D eigenvalue weighted by Crippen LogP contribution is -2.39. The Labute approximate surface area is 123 Å². The number of pyridine rings is 2. The number of hydrogen-bond donors (Lipinski definition) is 0. The molecule has 4 heteroatoms. The van der Waals surface area contributed by atoms with Crippen molar-refractivity contribution in [3.05, 3.63) is 47.5 Å². The van der Waals surface area contributed by atoms with Crippen molar-refractivity contribution in [2.24, 2.45) is 0 Å². The van der Waals surface area contributed by atoms with Gasteiger partial charge in [0.25, 0.3) is 0 Å². The summed E-state index contributed by atoms with van der Waals surface area (Å²) in [5.74, 6) is -0.569. The molecule has 2 aromatic heterocycles. The number of halogens is 2. The Kier molecular flexibility index (Phi) is 3.08. The molecule has 0 atom stereocenters. The Hall–Kier alpha value is -1.84. The van der Waals surface area contributed by atoms with Crippen molar-refractivity contribution >= 4 is 0 Å². The predicted molar refractivity (Wildman–Crippen MR) is 75.7 cm³/mol. The molecule has 0 unspecified atom stereocenters. The quantitative estimate of drug-likeness (QED) is 0.593. The van der Waals surface area contributed by atoms with E-state index in [0.717, 1.165) is 22.3 Å². The Balaban J connectivity index is 2.33. The smallest absolute Gasteiger partial charge is 0.174 e. The maximum absolute atomic E-state index is 14.1. The summed E-state index contributed by atoms with van der Waals surface area (Å²) >= 11 is 0. The first-order valence-electron chi connectivity index (χ1n) is 7.37. The second kappa shape index (κ2) is 4.58. The summed E-state index contributed by atoms with van der Waals surface area (Å²) in [5.41, 5.74) is 3.46. The van der Waals surface area contributed by atoms with E-state index in [1.165, 1.54) is 12.1 Å². The standard InChI is InChI=1S/C17H20F2N2/c1-5-20-9-13-11(7-15(20)18)12-8-16(19)21(6-2)10-14(12)17(13,3)4/h7-10H,5-6H2,1-4H3/q+2. The van der Waals surface area contributed by atoms with Crippen LogP contribution in [0.3, 0.4) is 0 Å². The zero-order valence-electron chi connectivity index (χ0n) is 12.9. The molecule has 1 aliphatic rings. The molecular weight excluding hydrogens is 270 g/mol. The minimum Gasteiger partial charge on any atom is -0.174 e. The van der Waals surface area contributed by atoms with Gasteiger partial charge in [0.05, 0.1) is 12.1 Å². The number of rotatable bonds is 2. The molecular formula is C17H20F2N2+2.